The number of nitrogens with one attached hydrogen (secondary N) is 1. The molecule has 0 aliphatic rings. The minimum absolute atomic E-state index is 0.0564. The van der Waals surface area contributed by atoms with E-state index in [0.29, 0.717) is 16.6 Å². The number of nitrogens with zero attached hydrogens (tertiary/aromatic N) is 1. The molecule has 0 atom stereocenters. The van der Waals surface area contributed by atoms with Gasteiger partial charge in [-0.2, -0.15) is 0 Å². The Labute approximate surface area is 112 Å². The maximum atomic E-state index is 10.8. The van der Waals surface area contributed by atoms with Gasteiger partial charge in [0.05, 0.1) is 17.6 Å². The number of nitro groups is 1. The number of hydrogen-bond acceptors (Lipinski definition) is 5. The zero-order valence-corrected chi connectivity index (χ0v) is 11.0. The third-order valence-electron chi connectivity index (χ3n) is 2.04. The Balaban J connectivity index is 2.52. The highest BCUT2D eigenvalue weighted by Crippen LogP contribution is 2.26. The maximum absolute atomic E-state index is 10.8. The molecule has 0 saturated carbocycles. The predicted octanol–water partition coefficient (Wildman–Crippen LogP) is 1.51. The van der Waals surface area contributed by atoms with E-state index in [-0.39, 0.29) is 24.6 Å². The van der Waals surface area contributed by atoms with E-state index in [0.717, 1.165) is 0 Å². The van der Waals surface area contributed by atoms with Gasteiger partial charge in [-0.25, -0.2) is 5.84 Å². The van der Waals surface area contributed by atoms with Gasteiger partial charge in [-0.1, -0.05) is 15.9 Å². The summed E-state index contributed by atoms with van der Waals surface area (Å²) in [6, 6.07) is 4.33. The second-order valence-electron chi connectivity index (χ2n) is 3.42. The summed E-state index contributed by atoms with van der Waals surface area (Å²) in [5.41, 5.74) is 1.95. The minimum Gasteiger partial charge on any atom is -0.493 e. The molecule has 1 rings (SSSR count). The zero-order valence-electron chi connectivity index (χ0n) is 9.39. The Morgan fingerprint density at radius 3 is 2.83 bits per heavy atom. The van der Waals surface area contributed by atoms with Crippen molar-refractivity contribution in [3.05, 3.63) is 32.8 Å². The molecule has 0 unspecified atom stereocenters. The van der Waals surface area contributed by atoms with E-state index in [9.17, 15) is 14.9 Å². The molecule has 18 heavy (non-hydrogen) atoms. The van der Waals surface area contributed by atoms with Crippen LogP contribution in [0.15, 0.2) is 22.7 Å². The summed E-state index contributed by atoms with van der Waals surface area (Å²) in [6.45, 7) is 0.279. The minimum atomic E-state index is -0.501. The number of hydrazine groups is 1. The monoisotopic (exact) mass is 317 g/mol. The summed E-state index contributed by atoms with van der Waals surface area (Å²) in [6.07, 6.45) is 0.718. The molecule has 3 N–H and O–H groups in total. The molecule has 0 aliphatic heterocycles. The average Bonchev–Trinajstić information content (AvgIpc) is 2.33. The van der Waals surface area contributed by atoms with Crippen LogP contribution in [0.5, 0.6) is 5.75 Å². The lowest BCUT2D eigenvalue weighted by atomic mass is 10.3. The van der Waals surface area contributed by atoms with Crippen LogP contribution in [0, 0.1) is 10.1 Å². The lowest BCUT2D eigenvalue weighted by Gasteiger charge is -2.06. The van der Waals surface area contributed by atoms with Gasteiger partial charge in [0, 0.05) is 17.0 Å². The fourth-order valence-corrected chi connectivity index (χ4v) is 1.69. The first-order valence-corrected chi connectivity index (χ1v) is 5.89. The molecule has 8 heteroatoms. The Kier molecular flexibility index (Phi) is 5.53. The van der Waals surface area contributed by atoms with Crippen LogP contribution in [0.4, 0.5) is 5.69 Å². The van der Waals surface area contributed by atoms with E-state index in [1.165, 1.54) is 12.1 Å². The highest BCUT2D eigenvalue weighted by molar-refractivity contribution is 9.10. The number of halogens is 1. The van der Waals surface area contributed by atoms with Gasteiger partial charge in [-0.3, -0.25) is 20.3 Å². The number of benzene rings is 1. The molecular formula is C10H12BrN3O4. The number of amides is 1. The lowest BCUT2D eigenvalue weighted by Crippen LogP contribution is -2.29. The maximum Gasteiger partial charge on any atom is 0.274 e. The normalized spacial score (nSPS) is 9.89. The van der Waals surface area contributed by atoms with E-state index in [2.05, 4.69) is 15.9 Å². The van der Waals surface area contributed by atoms with E-state index in [4.69, 9.17) is 10.6 Å². The van der Waals surface area contributed by atoms with Crippen LogP contribution in [0.25, 0.3) is 0 Å². The summed E-state index contributed by atoms with van der Waals surface area (Å²) in [5, 5.41) is 10.6. The van der Waals surface area contributed by atoms with E-state index in [1.54, 1.807) is 6.07 Å². The summed E-state index contributed by atoms with van der Waals surface area (Å²) in [4.78, 5) is 21.0. The van der Waals surface area contributed by atoms with Crippen molar-refractivity contribution in [2.75, 3.05) is 6.61 Å². The van der Waals surface area contributed by atoms with Crippen LogP contribution in [0.2, 0.25) is 0 Å². The van der Waals surface area contributed by atoms with Gasteiger partial charge in [-0.15, -0.1) is 0 Å². The number of carbonyl (C=O) groups excluding carboxylic acids is 1. The molecule has 1 aromatic carbocycles. The smallest absolute Gasteiger partial charge is 0.274 e. The Hall–Kier alpha value is -1.67. The quantitative estimate of drug-likeness (QED) is 0.272. The molecule has 0 radical (unpaired) electrons. The van der Waals surface area contributed by atoms with Crippen molar-refractivity contribution in [2.45, 2.75) is 12.8 Å². The summed E-state index contributed by atoms with van der Waals surface area (Å²) >= 11 is 3.16. The second kappa shape index (κ2) is 6.92. The first kappa shape index (κ1) is 14.4. The van der Waals surface area contributed by atoms with Crippen LogP contribution >= 0.6 is 15.9 Å². The number of hydrogen-bond donors (Lipinski definition) is 2. The Morgan fingerprint density at radius 2 is 2.22 bits per heavy atom. The van der Waals surface area contributed by atoms with Gasteiger partial charge in [0.1, 0.15) is 5.75 Å². The van der Waals surface area contributed by atoms with Gasteiger partial charge in [0.15, 0.2) is 0 Å². The molecule has 0 saturated heterocycles. The van der Waals surface area contributed by atoms with Gasteiger partial charge < -0.3 is 4.74 Å². The third-order valence-corrected chi connectivity index (χ3v) is 2.50. The Morgan fingerprint density at radius 1 is 1.50 bits per heavy atom. The van der Waals surface area contributed by atoms with Crippen LogP contribution in [0.1, 0.15) is 12.8 Å². The molecule has 0 spiro atoms. The van der Waals surface area contributed by atoms with Gasteiger partial charge in [0.2, 0.25) is 5.91 Å². The number of non-ortho nitro benzene ring substituents is 1. The first-order valence-electron chi connectivity index (χ1n) is 5.10. The van der Waals surface area contributed by atoms with E-state index < -0.39 is 4.92 Å². The van der Waals surface area contributed by atoms with E-state index in [1.807, 2.05) is 5.43 Å². The number of nitrogens with two attached hydrogens (primary N) is 1. The highest BCUT2D eigenvalue weighted by atomic mass is 79.9. The van der Waals surface area contributed by atoms with Crippen molar-refractivity contribution >= 4 is 27.5 Å². The van der Waals surface area contributed by atoms with Gasteiger partial charge in [-0.05, 0) is 12.5 Å². The SMILES string of the molecule is NNC(=O)CCCOc1cc(Br)cc([N+](=O)[O-])c1. The van der Waals surface area contributed by atoms with Gasteiger partial charge in [0.25, 0.3) is 5.69 Å². The molecule has 1 aromatic rings. The van der Waals surface area contributed by atoms with E-state index >= 15 is 0 Å². The van der Waals surface area contributed by atoms with Crippen LogP contribution < -0.4 is 16.0 Å². The molecule has 98 valence electrons. The molecule has 0 heterocycles. The largest absolute Gasteiger partial charge is 0.493 e. The number of ether oxygens (including phenoxy) is 1. The average molecular weight is 318 g/mol. The Bertz CT molecular complexity index is 453. The van der Waals surface area contributed by atoms with Crippen molar-refractivity contribution in [1.29, 1.82) is 0 Å². The number of carbonyl (C=O) groups is 1. The molecule has 0 aliphatic carbocycles. The van der Waals surface area contributed by atoms with Gasteiger partial charge >= 0.3 is 0 Å². The summed E-state index contributed by atoms with van der Waals surface area (Å²) < 4.78 is 5.88. The summed E-state index contributed by atoms with van der Waals surface area (Å²) in [5.74, 6) is 5.02. The molecule has 0 bridgehead atoms. The fourth-order valence-electron chi connectivity index (χ4n) is 1.23. The molecule has 1 amide bonds. The molecule has 7 nitrogen and oxygen atoms in total. The van der Waals surface area contributed by atoms with Crippen LogP contribution in [0.3, 0.4) is 0 Å². The zero-order chi connectivity index (χ0) is 13.5. The third kappa shape index (κ3) is 4.68. The van der Waals surface area contributed by atoms with Crippen LogP contribution in [-0.4, -0.2) is 17.4 Å². The second-order valence-corrected chi connectivity index (χ2v) is 4.34. The summed E-state index contributed by atoms with van der Waals surface area (Å²) in [7, 11) is 0. The molecule has 0 aromatic heterocycles. The number of nitro benzene ring substituents is 1. The van der Waals surface area contributed by atoms with Crippen molar-refractivity contribution in [2.24, 2.45) is 5.84 Å². The number of rotatable bonds is 6. The van der Waals surface area contributed by atoms with Crippen molar-refractivity contribution in [3.8, 4) is 5.75 Å². The lowest BCUT2D eigenvalue weighted by molar-refractivity contribution is -0.385. The first-order chi connectivity index (χ1) is 8.52. The predicted molar refractivity (Wildman–Crippen MR) is 67.9 cm³/mol. The topological polar surface area (TPSA) is 107 Å². The van der Waals surface area contributed by atoms with Crippen molar-refractivity contribution < 1.29 is 14.5 Å². The van der Waals surface area contributed by atoms with Crippen molar-refractivity contribution in [3.63, 3.8) is 0 Å². The highest BCUT2D eigenvalue weighted by Gasteiger charge is 2.09. The molecule has 0 fully saturated rings. The standard InChI is InChI=1S/C10H12BrN3O4/c11-7-4-8(14(16)17)6-9(5-7)18-3-1-2-10(15)13-12/h4-6H,1-3,12H2,(H,13,15). The van der Waals surface area contributed by atoms with Crippen LogP contribution in [-0.2, 0) is 4.79 Å². The van der Waals surface area contributed by atoms with Crippen molar-refractivity contribution in [1.82, 2.24) is 5.43 Å². The fraction of sp³-hybridized carbons (Fsp3) is 0.300. The molecular weight excluding hydrogens is 306 g/mol.